The van der Waals surface area contributed by atoms with Gasteiger partial charge in [-0.1, -0.05) is 25.3 Å². The lowest BCUT2D eigenvalue weighted by Gasteiger charge is -2.19. The molecule has 0 atom stereocenters. The Morgan fingerprint density at radius 3 is 2.48 bits per heavy atom. The van der Waals surface area contributed by atoms with Gasteiger partial charge < -0.3 is 10.1 Å². The summed E-state index contributed by atoms with van der Waals surface area (Å²) >= 11 is 0. The number of nitrogens with zero attached hydrogens (tertiary/aromatic N) is 1. The highest BCUT2D eigenvalue weighted by Crippen LogP contribution is 2.20. The molecule has 0 aliphatic carbocycles. The summed E-state index contributed by atoms with van der Waals surface area (Å²) in [4.78, 5) is 21.4. The van der Waals surface area contributed by atoms with Gasteiger partial charge in [-0.05, 0) is 51.7 Å². The second-order valence-corrected chi connectivity index (χ2v) is 6.99. The number of hydrogen-bond donors (Lipinski definition) is 1. The van der Waals surface area contributed by atoms with Crippen LogP contribution in [0.5, 0.6) is 0 Å². The van der Waals surface area contributed by atoms with Gasteiger partial charge in [0, 0.05) is 12.6 Å². The van der Waals surface area contributed by atoms with E-state index in [0.29, 0.717) is 13.0 Å². The summed E-state index contributed by atoms with van der Waals surface area (Å²) in [5.41, 5.74) is -0.176. The Kier molecular flexibility index (Phi) is 8.31. The molecule has 0 bridgehead atoms. The van der Waals surface area contributed by atoms with Crippen LogP contribution in [0.2, 0.25) is 0 Å². The maximum Gasteiger partial charge on any atom is 0.407 e. The van der Waals surface area contributed by atoms with E-state index in [1.165, 1.54) is 6.07 Å². The summed E-state index contributed by atoms with van der Waals surface area (Å²) in [5, 5.41) is 13.4. The maximum atomic E-state index is 13.2. The van der Waals surface area contributed by atoms with Crippen molar-refractivity contribution in [2.75, 3.05) is 6.54 Å². The largest absolute Gasteiger partial charge is 0.444 e. The number of amides is 1. The first-order valence-corrected chi connectivity index (χ1v) is 8.59. The van der Waals surface area contributed by atoms with Gasteiger partial charge in [0.05, 0.1) is 4.92 Å². The van der Waals surface area contributed by atoms with Crippen LogP contribution in [0.15, 0.2) is 18.2 Å². The Morgan fingerprint density at radius 2 is 1.84 bits per heavy atom. The lowest BCUT2D eigenvalue weighted by atomic mass is 10.0. The summed E-state index contributed by atoms with van der Waals surface area (Å²) in [6, 6.07) is 4.04. The van der Waals surface area contributed by atoms with Gasteiger partial charge in [0.15, 0.2) is 0 Å². The highest BCUT2D eigenvalue weighted by Gasteiger charge is 2.15. The number of nitro groups is 1. The van der Waals surface area contributed by atoms with Crippen LogP contribution in [0, 0.1) is 15.9 Å². The molecule has 1 aromatic carbocycles. The third kappa shape index (κ3) is 9.02. The number of carbonyl (C=O) groups excluding carboxylic acids is 1. The number of unbranched alkanes of at least 4 members (excludes halogenated alkanes) is 4. The third-order valence-electron chi connectivity index (χ3n) is 3.52. The fourth-order valence-electron chi connectivity index (χ4n) is 2.34. The van der Waals surface area contributed by atoms with Gasteiger partial charge in [0.25, 0.3) is 0 Å². The van der Waals surface area contributed by atoms with Gasteiger partial charge in [0.1, 0.15) is 5.60 Å². The van der Waals surface area contributed by atoms with Gasteiger partial charge in [-0.25, -0.2) is 4.79 Å². The van der Waals surface area contributed by atoms with E-state index in [-0.39, 0.29) is 0 Å². The van der Waals surface area contributed by atoms with Crippen molar-refractivity contribution >= 4 is 11.8 Å². The minimum atomic E-state index is -0.800. The lowest BCUT2D eigenvalue weighted by molar-refractivity contribution is -0.387. The number of rotatable bonds is 9. The SMILES string of the molecule is CC(C)(C)OC(=O)NCCCCCCCc1ccc(F)c([N+](=O)[O-])c1. The minimum Gasteiger partial charge on any atom is -0.444 e. The summed E-state index contributed by atoms with van der Waals surface area (Å²) < 4.78 is 18.4. The van der Waals surface area contributed by atoms with Crippen molar-refractivity contribution in [2.24, 2.45) is 0 Å². The smallest absolute Gasteiger partial charge is 0.407 e. The van der Waals surface area contributed by atoms with E-state index >= 15 is 0 Å². The highest BCUT2D eigenvalue weighted by atomic mass is 19.1. The molecule has 25 heavy (non-hydrogen) atoms. The van der Waals surface area contributed by atoms with E-state index in [1.807, 2.05) is 20.8 Å². The first-order chi connectivity index (χ1) is 11.7. The molecular formula is C18H27FN2O4. The Bertz CT molecular complexity index is 585. The van der Waals surface area contributed by atoms with E-state index in [0.717, 1.165) is 43.7 Å². The van der Waals surface area contributed by atoms with Crippen LogP contribution < -0.4 is 5.32 Å². The molecule has 7 heteroatoms. The maximum absolute atomic E-state index is 13.2. The zero-order chi connectivity index (χ0) is 18.9. The van der Waals surface area contributed by atoms with Gasteiger partial charge in [-0.3, -0.25) is 10.1 Å². The number of alkyl carbamates (subject to hydrolysis) is 1. The molecule has 0 fully saturated rings. The first-order valence-electron chi connectivity index (χ1n) is 8.59. The Balaban J connectivity index is 2.12. The summed E-state index contributed by atoms with van der Waals surface area (Å²) in [6.45, 7) is 6.05. The zero-order valence-corrected chi connectivity index (χ0v) is 15.1. The van der Waals surface area contributed by atoms with Crippen molar-refractivity contribution < 1.29 is 18.8 Å². The van der Waals surface area contributed by atoms with Crippen LogP contribution in [-0.2, 0) is 11.2 Å². The second kappa shape index (κ2) is 9.96. The van der Waals surface area contributed by atoms with Crippen LogP contribution in [0.4, 0.5) is 14.9 Å². The van der Waals surface area contributed by atoms with Crippen molar-refractivity contribution in [3.05, 3.63) is 39.7 Å². The third-order valence-corrected chi connectivity index (χ3v) is 3.52. The number of benzene rings is 1. The van der Waals surface area contributed by atoms with Crippen molar-refractivity contribution in [1.82, 2.24) is 5.32 Å². The summed E-state index contributed by atoms with van der Waals surface area (Å²) in [5.74, 6) is -0.800. The summed E-state index contributed by atoms with van der Waals surface area (Å²) in [6.07, 6.45) is 5.04. The van der Waals surface area contributed by atoms with E-state index in [4.69, 9.17) is 4.74 Å². The van der Waals surface area contributed by atoms with E-state index in [2.05, 4.69) is 5.32 Å². The number of aryl methyl sites for hydroxylation is 1. The minimum absolute atomic E-state index is 0.398. The van der Waals surface area contributed by atoms with Crippen molar-refractivity contribution in [2.45, 2.75) is 64.9 Å². The molecule has 0 saturated heterocycles. The molecule has 1 aromatic rings. The first kappa shape index (κ1) is 20.9. The van der Waals surface area contributed by atoms with Crippen molar-refractivity contribution in [3.63, 3.8) is 0 Å². The van der Waals surface area contributed by atoms with E-state index in [1.54, 1.807) is 6.07 Å². The fraction of sp³-hybridized carbons (Fsp3) is 0.611. The molecule has 1 rings (SSSR count). The normalized spacial score (nSPS) is 11.2. The standard InChI is InChI=1S/C18H27FN2O4/c1-18(2,3)25-17(22)20-12-8-6-4-5-7-9-14-10-11-15(19)16(13-14)21(23)24/h10-11,13H,4-9,12H2,1-3H3,(H,20,22). The average Bonchev–Trinajstić information content (AvgIpc) is 2.49. The molecule has 0 saturated carbocycles. The molecule has 0 unspecified atom stereocenters. The number of halogens is 1. The van der Waals surface area contributed by atoms with Crippen LogP contribution in [0.1, 0.15) is 58.4 Å². The fourth-order valence-corrected chi connectivity index (χ4v) is 2.34. The van der Waals surface area contributed by atoms with Crippen molar-refractivity contribution in [3.8, 4) is 0 Å². The molecule has 140 valence electrons. The predicted molar refractivity (Wildman–Crippen MR) is 94.1 cm³/mol. The topological polar surface area (TPSA) is 81.5 Å². The molecule has 0 heterocycles. The van der Waals surface area contributed by atoms with Crippen LogP contribution in [0.25, 0.3) is 0 Å². The average molecular weight is 354 g/mol. The van der Waals surface area contributed by atoms with Crippen LogP contribution in [-0.4, -0.2) is 23.2 Å². The predicted octanol–water partition coefficient (Wildman–Crippen LogP) is 4.75. The summed E-state index contributed by atoms with van der Waals surface area (Å²) in [7, 11) is 0. The highest BCUT2D eigenvalue weighted by molar-refractivity contribution is 5.67. The van der Waals surface area contributed by atoms with Gasteiger partial charge in [0.2, 0.25) is 5.82 Å². The van der Waals surface area contributed by atoms with E-state index < -0.39 is 28.1 Å². The molecule has 6 nitrogen and oxygen atoms in total. The molecule has 1 N–H and O–H groups in total. The molecule has 0 aliphatic rings. The number of hydrogen-bond acceptors (Lipinski definition) is 4. The Morgan fingerprint density at radius 1 is 1.20 bits per heavy atom. The van der Waals surface area contributed by atoms with Crippen LogP contribution in [0.3, 0.4) is 0 Å². The van der Waals surface area contributed by atoms with Gasteiger partial charge in [-0.15, -0.1) is 0 Å². The Labute approximate surface area is 147 Å². The lowest BCUT2D eigenvalue weighted by Crippen LogP contribution is -2.32. The monoisotopic (exact) mass is 354 g/mol. The van der Waals surface area contributed by atoms with Gasteiger partial charge >= 0.3 is 11.8 Å². The molecule has 0 aliphatic heterocycles. The zero-order valence-electron chi connectivity index (χ0n) is 15.1. The molecule has 0 radical (unpaired) electrons. The molecule has 0 spiro atoms. The number of nitro benzene ring substituents is 1. The molecule has 0 aromatic heterocycles. The number of carbonyl (C=O) groups is 1. The second-order valence-electron chi connectivity index (χ2n) is 6.99. The van der Waals surface area contributed by atoms with Crippen LogP contribution >= 0.6 is 0 Å². The van der Waals surface area contributed by atoms with E-state index in [9.17, 15) is 19.3 Å². The molecule has 1 amide bonds. The van der Waals surface area contributed by atoms with Crippen molar-refractivity contribution in [1.29, 1.82) is 0 Å². The quantitative estimate of drug-likeness (QED) is 0.394. The Hall–Kier alpha value is -2.18. The molecular weight excluding hydrogens is 327 g/mol. The number of nitrogens with one attached hydrogen (secondary N) is 1. The van der Waals surface area contributed by atoms with Gasteiger partial charge in [-0.2, -0.15) is 4.39 Å². The number of ether oxygens (including phenoxy) is 1.